The molecule has 6 nitrogen and oxygen atoms in total. The largest absolute Gasteiger partial charge is 0.349 e. The van der Waals surface area contributed by atoms with Gasteiger partial charge in [0.25, 0.3) is 0 Å². The van der Waals surface area contributed by atoms with Crippen LogP contribution in [0.5, 0.6) is 0 Å². The molecule has 1 aromatic heterocycles. The number of halogens is 1. The van der Waals surface area contributed by atoms with E-state index in [1.165, 1.54) is 36.8 Å². The molecule has 2 aromatic rings. The van der Waals surface area contributed by atoms with Crippen LogP contribution in [0.3, 0.4) is 0 Å². The SMILES string of the molecule is CN=C(NCc1nnc2n1CCCCC2)N1CCC(c2ccccc2C)C1.I. The molecule has 2 aliphatic heterocycles. The minimum Gasteiger partial charge on any atom is -0.349 e. The van der Waals surface area contributed by atoms with Gasteiger partial charge >= 0.3 is 0 Å². The number of hydrogen-bond acceptors (Lipinski definition) is 3. The topological polar surface area (TPSA) is 58.3 Å². The van der Waals surface area contributed by atoms with Gasteiger partial charge in [0.05, 0.1) is 6.54 Å². The summed E-state index contributed by atoms with van der Waals surface area (Å²) in [5.74, 6) is 3.72. The van der Waals surface area contributed by atoms with Crippen molar-refractivity contribution in [2.45, 2.75) is 58.0 Å². The summed E-state index contributed by atoms with van der Waals surface area (Å²) in [6.45, 7) is 5.99. The van der Waals surface area contributed by atoms with Gasteiger partial charge in [0.15, 0.2) is 11.8 Å². The first kappa shape index (κ1) is 21.1. The second-order valence-corrected chi connectivity index (χ2v) is 7.68. The third kappa shape index (κ3) is 4.50. The predicted molar refractivity (Wildman–Crippen MR) is 123 cm³/mol. The number of likely N-dealkylation sites (tertiary alicyclic amines) is 1. The van der Waals surface area contributed by atoms with Crippen LogP contribution >= 0.6 is 24.0 Å². The van der Waals surface area contributed by atoms with Crippen molar-refractivity contribution in [2.24, 2.45) is 4.99 Å². The maximum Gasteiger partial charge on any atom is 0.194 e. The summed E-state index contributed by atoms with van der Waals surface area (Å²) in [4.78, 5) is 6.90. The number of nitrogens with zero attached hydrogens (tertiary/aromatic N) is 5. The molecule has 0 saturated carbocycles. The lowest BCUT2D eigenvalue weighted by atomic mass is 9.94. The van der Waals surface area contributed by atoms with Gasteiger partial charge in [-0.3, -0.25) is 4.99 Å². The van der Waals surface area contributed by atoms with E-state index in [1.54, 1.807) is 0 Å². The van der Waals surface area contributed by atoms with Gasteiger partial charge < -0.3 is 14.8 Å². The Kier molecular flexibility index (Phi) is 7.31. The fourth-order valence-corrected chi connectivity index (χ4v) is 4.42. The average Bonchev–Trinajstić information content (AvgIpc) is 3.24. The van der Waals surface area contributed by atoms with Crippen molar-refractivity contribution in [3.05, 3.63) is 47.0 Å². The van der Waals surface area contributed by atoms with E-state index >= 15 is 0 Å². The van der Waals surface area contributed by atoms with E-state index in [1.807, 2.05) is 7.05 Å². The highest BCUT2D eigenvalue weighted by atomic mass is 127. The van der Waals surface area contributed by atoms with Crippen molar-refractivity contribution >= 4 is 29.9 Å². The molecule has 28 heavy (non-hydrogen) atoms. The maximum atomic E-state index is 4.52. The molecule has 2 aliphatic rings. The first-order valence-electron chi connectivity index (χ1n) is 10.2. The fraction of sp³-hybridized carbons (Fsp3) is 0.571. The Hall–Kier alpha value is -1.64. The van der Waals surface area contributed by atoms with Crippen LogP contribution in [0.15, 0.2) is 29.3 Å². The predicted octanol–water partition coefficient (Wildman–Crippen LogP) is 3.50. The number of nitrogens with one attached hydrogen (secondary N) is 1. The van der Waals surface area contributed by atoms with Gasteiger partial charge in [-0.2, -0.15) is 0 Å². The molecule has 0 aliphatic carbocycles. The molecule has 1 atom stereocenters. The van der Waals surface area contributed by atoms with Gasteiger partial charge in [-0.05, 0) is 37.3 Å². The summed E-state index contributed by atoms with van der Waals surface area (Å²) in [6.07, 6.45) is 5.95. The number of rotatable bonds is 3. The number of benzene rings is 1. The highest BCUT2D eigenvalue weighted by molar-refractivity contribution is 14.0. The summed E-state index contributed by atoms with van der Waals surface area (Å²) in [5, 5.41) is 12.3. The molecule has 0 bridgehead atoms. The zero-order valence-electron chi connectivity index (χ0n) is 16.9. The van der Waals surface area contributed by atoms with Crippen LogP contribution in [0, 0.1) is 6.92 Å². The van der Waals surface area contributed by atoms with Crippen molar-refractivity contribution in [3.8, 4) is 0 Å². The zero-order valence-corrected chi connectivity index (χ0v) is 19.2. The zero-order chi connectivity index (χ0) is 18.6. The van der Waals surface area contributed by atoms with Crippen molar-refractivity contribution in [1.29, 1.82) is 0 Å². The Labute approximate surface area is 184 Å². The van der Waals surface area contributed by atoms with Crippen molar-refractivity contribution < 1.29 is 0 Å². The van der Waals surface area contributed by atoms with Crippen LogP contribution in [-0.2, 0) is 19.5 Å². The Balaban J connectivity index is 0.00000225. The summed E-state index contributed by atoms with van der Waals surface area (Å²) in [6, 6.07) is 8.75. The van der Waals surface area contributed by atoms with E-state index in [0.29, 0.717) is 12.5 Å². The van der Waals surface area contributed by atoms with Gasteiger partial charge in [0.1, 0.15) is 5.82 Å². The summed E-state index contributed by atoms with van der Waals surface area (Å²) >= 11 is 0. The number of aryl methyl sites for hydroxylation is 2. The molecular weight excluding hydrogens is 463 g/mol. The third-order valence-electron chi connectivity index (χ3n) is 5.92. The van der Waals surface area contributed by atoms with Gasteiger partial charge in [-0.15, -0.1) is 34.2 Å². The van der Waals surface area contributed by atoms with Gasteiger partial charge in [-0.1, -0.05) is 30.7 Å². The summed E-state index contributed by atoms with van der Waals surface area (Å²) in [7, 11) is 1.87. The first-order chi connectivity index (χ1) is 13.3. The average molecular weight is 494 g/mol. The van der Waals surface area contributed by atoms with Gasteiger partial charge in [0.2, 0.25) is 0 Å². The maximum absolute atomic E-state index is 4.52. The highest BCUT2D eigenvalue weighted by Crippen LogP contribution is 2.29. The molecule has 152 valence electrons. The molecule has 1 N–H and O–H groups in total. The Morgan fingerprint density at radius 2 is 2.04 bits per heavy atom. The summed E-state index contributed by atoms with van der Waals surface area (Å²) in [5.41, 5.74) is 2.86. The molecule has 0 spiro atoms. The Morgan fingerprint density at radius 3 is 2.86 bits per heavy atom. The van der Waals surface area contributed by atoms with Crippen molar-refractivity contribution in [1.82, 2.24) is 25.0 Å². The van der Waals surface area contributed by atoms with E-state index in [2.05, 4.69) is 61.2 Å². The second kappa shape index (κ2) is 9.71. The van der Waals surface area contributed by atoms with Crippen LogP contribution in [0.2, 0.25) is 0 Å². The van der Waals surface area contributed by atoms with E-state index < -0.39 is 0 Å². The number of aliphatic imine (C=N–C) groups is 1. The van der Waals surface area contributed by atoms with Crippen LogP contribution in [-0.4, -0.2) is 45.8 Å². The number of fused-ring (bicyclic) bond motifs is 1. The van der Waals surface area contributed by atoms with Crippen LogP contribution in [0.4, 0.5) is 0 Å². The molecule has 1 unspecified atom stereocenters. The minimum absolute atomic E-state index is 0. The van der Waals surface area contributed by atoms with E-state index in [9.17, 15) is 0 Å². The molecular formula is C21H31IN6. The lowest BCUT2D eigenvalue weighted by molar-refractivity contribution is 0.481. The van der Waals surface area contributed by atoms with E-state index in [0.717, 1.165) is 43.7 Å². The van der Waals surface area contributed by atoms with E-state index in [-0.39, 0.29) is 24.0 Å². The Bertz CT molecular complexity index is 815. The van der Waals surface area contributed by atoms with Crippen LogP contribution < -0.4 is 5.32 Å². The fourth-order valence-electron chi connectivity index (χ4n) is 4.42. The third-order valence-corrected chi connectivity index (χ3v) is 5.92. The van der Waals surface area contributed by atoms with Crippen molar-refractivity contribution in [3.63, 3.8) is 0 Å². The van der Waals surface area contributed by atoms with Gasteiger partial charge in [0, 0.05) is 39.0 Å². The lowest BCUT2D eigenvalue weighted by Crippen LogP contribution is -2.40. The molecule has 7 heteroatoms. The smallest absolute Gasteiger partial charge is 0.194 e. The monoisotopic (exact) mass is 494 g/mol. The number of hydrogen-bond donors (Lipinski definition) is 1. The second-order valence-electron chi connectivity index (χ2n) is 7.68. The van der Waals surface area contributed by atoms with Crippen LogP contribution in [0.25, 0.3) is 0 Å². The molecule has 1 fully saturated rings. The first-order valence-corrected chi connectivity index (χ1v) is 10.2. The Morgan fingerprint density at radius 1 is 1.18 bits per heavy atom. The lowest BCUT2D eigenvalue weighted by Gasteiger charge is -2.22. The molecule has 4 rings (SSSR count). The number of guanidine groups is 1. The van der Waals surface area contributed by atoms with Crippen molar-refractivity contribution in [2.75, 3.05) is 20.1 Å². The quantitative estimate of drug-likeness (QED) is 0.403. The molecule has 0 amide bonds. The standard InChI is InChI=1S/C21H30N6.HI/c1-16-8-5-6-9-18(16)17-11-13-26(15-17)21(22-2)23-14-20-25-24-19-10-4-3-7-12-27(19)20;/h5-6,8-9,17H,3-4,7,10-15H2,1-2H3,(H,22,23);1H. The van der Waals surface area contributed by atoms with Gasteiger partial charge in [-0.25, -0.2) is 0 Å². The van der Waals surface area contributed by atoms with Crippen LogP contribution in [0.1, 0.15) is 54.4 Å². The normalized spacial score (nSPS) is 19.7. The molecule has 1 aromatic carbocycles. The number of aromatic nitrogens is 3. The molecule has 0 radical (unpaired) electrons. The van der Waals surface area contributed by atoms with E-state index in [4.69, 9.17) is 0 Å². The molecule has 1 saturated heterocycles. The highest BCUT2D eigenvalue weighted by Gasteiger charge is 2.27. The molecule has 3 heterocycles. The minimum atomic E-state index is 0. The summed E-state index contributed by atoms with van der Waals surface area (Å²) < 4.78 is 2.30.